The molecule has 118 valence electrons. The maximum absolute atomic E-state index is 4.64. The number of rotatable bonds is 4. The molecule has 6 heteroatoms. The van der Waals surface area contributed by atoms with Gasteiger partial charge in [0.1, 0.15) is 5.69 Å². The van der Waals surface area contributed by atoms with Crippen LogP contribution in [0.5, 0.6) is 0 Å². The van der Waals surface area contributed by atoms with Gasteiger partial charge in [-0.3, -0.25) is 4.98 Å². The van der Waals surface area contributed by atoms with Crippen molar-refractivity contribution in [2.75, 3.05) is 0 Å². The summed E-state index contributed by atoms with van der Waals surface area (Å²) in [6.45, 7) is 2.09. The Morgan fingerprint density at radius 3 is 2.58 bits per heavy atom. The topological polar surface area (TPSA) is 56.0 Å². The summed E-state index contributed by atoms with van der Waals surface area (Å²) in [6.07, 6.45) is 1.76. The zero-order valence-electron chi connectivity index (χ0n) is 13.1. The third-order valence-corrected chi connectivity index (χ3v) is 4.64. The Bertz CT molecular complexity index is 964. The zero-order chi connectivity index (χ0) is 16.4. The molecule has 0 saturated carbocycles. The number of thioether (sulfide) groups is 1. The summed E-state index contributed by atoms with van der Waals surface area (Å²) in [5.41, 5.74) is 4.89. The lowest BCUT2D eigenvalue weighted by Gasteiger charge is -2.03. The van der Waals surface area contributed by atoms with Gasteiger partial charge in [-0.15, -0.1) is 10.2 Å². The number of nitrogens with zero attached hydrogens (tertiary/aromatic N) is 5. The van der Waals surface area contributed by atoms with Gasteiger partial charge in [0.2, 0.25) is 5.16 Å². The van der Waals surface area contributed by atoms with E-state index in [1.165, 1.54) is 11.1 Å². The van der Waals surface area contributed by atoms with E-state index in [2.05, 4.69) is 51.5 Å². The maximum Gasteiger partial charge on any atom is 0.212 e. The third kappa shape index (κ3) is 3.00. The Morgan fingerprint density at radius 1 is 0.917 bits per heavy atom. The molecule has 5 nitrogen and oxygen atoms in total. The van der Waals surface area contributed by atoms with Gasteiger partial charge in [-0.05, 0) is 36.8 Å². The lowest BCUT2D eigenvalue weighted by molar-refractivity contribution is 0.811. The van der Waals surface area contributed by atoms with Crippen LogP contribution in [0, 0.1) is 6.92 Å². The molecule has 3 heterocycles. The Hall–Kier alpha value is -2.73. The van der Waals surface area contributed by atoms with Crippen LogP contribution in [0.15, 0.2) is 66.0 Å². The first-order valence-corrected chi connectivity index (χ1v) is 8.60. The first kappa shape index (κ1) is 14.8. The van der Waals surface area contributed by atoms with Crippen molar-refractivity contribution in [1.82, 2.24) is 24.8 Å². The van der Waals surface area contributed by atoms with Crippen LogP contribution in [0.1, 0.15) is 11.1 Å². The predicted octanol–water partition coefficient (Wildman–Crippen LogP) is 3.79. The van der Waals surface area contributed by atoms with Crippen LogP contribution in [-0.4, -0.2) is 24.8 Å². The van der Waals surface area contributed by atoms with Gasteiger partial charge in [-0.2, -0.15) is 9.61 Å². The van der Waals surface area contributed by atoms with E-state index in [1.54, 1.807) is 22.5 Å². The fourth-order valence-corrected chi connectivity index (χ4v) is 3.19. The molecule has 0 aliphatic carbocycles. The molecule has 0 saturated heterocycles. The molecular formula is C18H15N5S. The second kappa shape index (κ2) is 6.41. The van der Waals surface area contributed by atoms with Crippen LogP contribution in [0.4, 0.5) is 0 Å². The molecule has 0 aliphatic rings. The molecule has 0 fully saturated rings. The fraction of sp³-hybridized carbons (Fsp3) is 0.111. The number of hydrogen-bond acceptors (Lipinski definition) is 5. The highest BCUT2D eigenvalue weighted by Crippen LogP contribution is 2.22. The van der Waals surface area contributed by atoms with Gasteiger partial charge in [0.15, 0.2) is 5.65 Å². The van der Waals surface area contributed by atoms with Crippen LogP contribution in [0.2, 0.25) is 0 Å². The largest absolute Gasteiger partial charge is 0.255 e. The predicted molar refractivity (Wildman–Crippen MR) is 94.8 cm³/mol. The van der Waals surface area contributed by atoms with Crippen LogP contribution >= 0.6 is 11.8 Å². The molecule has 0 spiro atoms. The SMILES string of the molecule is Cc1ccc(CSc2nnc3ccc(-c4ccccn4)nn23)cc1. The highest BCUT2D eigenvalue weighted by molar-refractivity contribution is 7.98. The number of pyridine rings is 1. The normalized spacial score (nSPS) is 11.0. The summed E-state index contributed by atoms with van der Waals surface area (Å²) >= 11 is 1.63. The summed E-state index contributed by atoms with van der Waals surface area (Å²) in [7, 11) is 0. The Balaban J connectivity index is 1.62. The molecule has 24 heavy (non-hydrogen) atoms. The number of hydrogen-bond donors (Lipinski definition) is 0. The second-order valence-corrected chi connectivity index (χ2v) is 6.40. The minimum absolute atomic E-state index is 0.737. The molecular weight excluding hydrogens is 318 g/mol. The van der Waals surface area contributed by atoms with Crippen LogP contribution < -0.4 is 0 Å². The monoisotopic (exact) mass is 333 g/mol. The van der Waals surface area contributed by atoms with E-state index in [1.807, 2.05) is 30.3 Å². The van der Waals surface area contributed by atoms with Gasteiger partial charge in [0.05, 0.1) is 5.69 Å². The molecule has 0 N–H and O–H groups in total. The molecule has 0 bridgehead atoms. The van der Waals surface area contributed by atoms with Gasteiger partial charge >= 0.3 is 0 Å². The minimum atomic E-state index is 0.737. The van der Waals surface area contributed by atoms with Gasteiger partial charge < -0.3 is 0 Å². The van der Waals surface area contributed by atoms with Crippen molar-refractivity contribution >= 4 is 17.4 Å². The summed E-state index contributed by atoms with van der Waals surface area (Å²) in [6, 6.07) is 18.1. The van der Waals surface area contributed by atoms with Crippen LogP contribution in [0.3, 0.4) is 0 Å². The number of aromatic nitrogens is 5. The average molecular weight is 333 g/mol. The minimum Gasteiger partial charge on any atom is -0.255 e. The Morgan fingerprint density at radius 2 is 1.79 bits per heavy atom. The molecule has 3 aromatic heterocycles. The van der Waals surface area contributed by atoms with Gasteiger partial charge in [-0.1, -0.05) is 47.7 Å². The standard InChI is InChI=1S/C18H15N5S/c1-13-5-7-14(8-6-13)12-24-18-21-20-17-10-9-16(22-23(17)18)15-4-2-3-11-19-15/h2-11H,12H2,1H3. The summed E-state index contributed by atoms with van der Waals surface area (Å²) in [4.78, 5) is 4.35. The summed E-state index contributed by atoms with van der Waals surface area (Å²) in [5.74, 6) is 0.830. The molecule has 0 atom stereocenters. The molecule has 4 rings (SSSR count). The van der Waals surface area contributed by atoms with E-state index in [0.717, 1.165) is 27.9 Å². The number of aryl methyl sites for hydroxylation is 1. The van der Waals surface area contributed by atoms with Crippen LogP contribution in [0.25, 0.3) is 17.0 Å². The van der Waals surface area contributed by atoms with E-state index in [0.29, 0.717) is 0 Å². The van der Waals surface area contributed by atoms with Crippen LogP contribution in [-0.2, 0) is 5.75 Å². The van der Waals surface area contributed by atoms with Crippen molar-refractivity contribution in [3.8, 4) is 11.4 Å². The molecule has 0 unspecified atom stereocenters. The quantitative estimate of drug-likeness (QED) is 0.532. The average Bonchev–Trinajstić information content (AvgIpc) is 3.04. The second-order valence-electron chi connectivity index (χ2n) is 5.46. The maximum atomic E-state index is 4.64. The van der Waals surface area contributed by atoms with Gasteiger partial charge in [0, 0.05) is 11.9 Å². The summed E-state index contributed by atoms with van der Waals surface area (Å²) in [5, 5.41) is 13.9. The van der Waals surface area contributed by atoms with Crippen molar-refractivity contribution in [2.45, 2.75) is 17.8 Å². The fourth-order valence-electron chi connectivity index (χ4n) is 2.34. The lowest BCUT2D eigenvalue weighted by Crippen LogP contribution is -1.97. The lowest BCUT2D eigenvalue weighted by atomic mass is 10.2. The van der Waals surface area contributed by atoms with E-state index in [9.17, 15) is 0 Å². The van der Waals surface area contributed by atoms with Crippen molar-refractivity contribution in [2.24, 2.45) is 0 Å². The van der Waals surface area contributed by atoms with Crippen molar-refractivity contribution < 1.29 is 0 Å². The van der Waals surface area contributed by atoms with E-state index in [4.69, 9.17) is 0 Å². The smallest absolute Gasteiger partial charge is 0.212 e. The number of benzene rings is 1. The molecule has 0 amide bonds. The van der Waals surface area contributed by atoms with E-state index < -0.39 is 0 Å². The van der Waals surface area contributed by atoms with Gasteiger partial charge in [-0.25, -0.2) is 0 Å². The molecule has 4 aromatic rings. The Kier molecular flexibility index (Phi) is 3.96. The molecule has 0 radical (unpaired) electrons. The Labute approximate surface area is 143 Å². The highest BCUT2D eigenvalue weighted by Gasteiger charge is 2.10. The highest BCUT2D eigenvalue weighted by atomic mass is 32.2. The third-order valence-electron chi connectivity index (χ3n) is 3.65. The molecule has 1 aromatic carbocycles. The number of fused-ring (bicyclic) bond motifs is 1. The van der Waals surface area contributed by atoms with E-state index >= 15 is 0 Å². The molecule has 0 aliphatic heterocycles. The van der Waals surface area contributed by atoms with Crippen molar-refractivity contribution in [3.63, 3.8) is 0 Å². The zero-order valence-corrected chi connectivity index (χ0v) is 13.9. The van der Waals surface area contributed by atoms with Crippen molar-refractivity contribution in [1.29, 1.82) is 0 Å². The van der Waals surface area contributed by atoms with E-state index in [-0.39, 0.29) is 0 Å². The summed E-state index contributed by atoms with van der Waals surface area (Å²) < 4.78 is 1.78. The van der Waals surface area contributed by atoms with Gasteiger partial charge in [0.25, 0.3) is 0 Å². The first-order valence-electron chi connectivity index (χ1n) is 7.62. The first-order chi connectivity index (χ1) is 11.8. The van der Waals surface area contributed by atoms with Crippen molar-refractivity contribution in [3.05, 3.63) is 71.9 Å².